The van der Waals surface area contributed by atoms with Gasteiger partial charge in [0.1, 0.15) is 5.65 Å². The predicted octanol–water partition coefficient (Wildman–Crippen LogP) is 1.08. The molecular weight excluding hydrogens is 260 g/mol. The Morgan fingerprint density at radius 1 is 1.60 bits per heavy atom. The van der Waals surface area contributed by atoms with Crippen molar-refractivity contribution in [3.8, 4) is 0 Å². The van der Waals surface area contributed by atoms with Crippen LogP contribution in [0.2, 0.25) is 0 Å². The van der Waals surface area contributed by atoms with E-state index in [0.717, 1.165) is 11.0 Å². The number of carbonyl (C=O) groups is 1. The molecule has 7 heteroatoms. The van der Waals surface area contributed by atoms with E-state index in [-0.39, 0.29) is 11.8 Å². The lowest BCUT2D eigenvalue weighted by Crippen LogP contribution is -2.13. The molecule has 2 aromatic rings. The second kappa shape index (κ2) is 6.05. The molecular formula is C13H16N4O3. The van der Waals surface area contributed by atoms with Crippen molar-refractivity contribution < 1.29 is 14.7 Å². The van der Waals surface area contributed by atoms with Gasteiger partial charge in [-0.15, -0.1) is 0 Å². The number of esters is 1. The average molecular weight is 276 g/mol. The Hall–Kier alpha value is -2.57. The molecule has 0 aliphatic heterocycles. The lowest BCUT2D eigenvalue weighted by Gasteiger charge is -2.05. The number of carbonyl (C=O) groups excluding carboxylic acids is 1. The molecule has 106 valence electrons. The van der Waals surface area contributed by atoms with E-state index >= 15 is 0 Å². The number of rotatable bonds is 5. The fourth-order valence-corrected chi connectivity index (χ4v) is 1.90. The third-order valence-corrected chi connectivity index (χ3v) is 2.87. The topological polar surface area (TPSA) is 103 Å². The number of fused-ring (bicyclic) bond motifs is 1. The lowest BCUT2D eigenvalue weighted by atomic mass is 10.2. The number of hydrogen-bond acceptors (Lipinski definition) is 5. The van der Waals surface area contributed by atoms with Gasteiger partial charge in [0.15, 0.2) is 5.84 Å². The highest BCUT2D eigenvalue weighted by Gasteiger charge is 2.08. The number of oxime groups is 1. The normalized spacial score (nSPS) is 11.8. The standard InChI is InChI=1S/C13H16N4O3/c1-2-20-11(18)4-6-17-5-3-9-7-10(12(14)16-19)8-15-13(9)17/h3,5,7-8,19H,2,4,6H2,1H3,(H2,14,16). The van der Waals surface area contributed by atoms with Gasteiger partial charge in [0, 0.05) is 29.9 Å². The molecule has 2 rings (SSSR count). The predicted molar refractivity (Wildman–Crippen MR) is 73.5 cm³/mol. The van der Waals surface area contributed by atoms with E-state index in [1.165, 1.54) is 6.20 Å². The molecule has 0 bridgehead atoms. The van der Waals surface area contributed by atoms with Crippen LogP contribution in [0.25, 0.3) is 11.0 Å². The van der Waals surface area contributed by atoms with Crippen LogP contribution in [-0.2, 0) is 16.1 Å². The van der Waals surface area contributed by atoms with Crippen molar-refractivity contribution >= 4 is 22.8 Å². The van der Waals surface area contributed by atoms with E-state index in [1.54, 1.807) is 13.0 Å². The number of pyridine rings is 1. The number of nitrogens with two attached hydrogens (primary N) is 1. The minimum atomic E-state index is -0.234. The van der Waals surface area contributed by atoms with Crippen LogP contribution < -0.4 is 5.73 Å². The van der Waals surface area contributed by atoms with Gasteiger partial charge in [-0.3, -0.25) is 4.79 Å². The summed E-state index contributed by atoms with van der Waals surface area (Å²) in [6.07, 6.45) is 3.66. The van der Waals surface area contributed by atoms with Crippen LogP contribution in [0.4, 0.5) is 0 Å². The third-order valence-electron chi connectivity index (χ3n) is 2.87. The van der Waals surface area contributed by atoms with Crippen LogP contribution in [0.15, 0.2) is 29.7 Å². The molecule has 0 spiro atoms. The first kappa shape index (κ1) is 13.9. The van der Waals surface area contributed by atoms with Crippen LogP contribution in [0.5, 0.6) is 0 Å². The first-order chi connectivity index (χ1) is 9.65. The summed E-state index contributed by atoms with van der Waals surface area (Å²) >= 11 is 0. The number of aryl methyl sites for hydroxylation is 1. The maximum absolute atomic E-state index is 11.3. The number of hydrogen-bond donors (Lipinski definition) is 2. The second-order valence-electron chi connectivity index (χ2n) is 4.19. The fourth-order valence-electron chi connectivity index (χ4n) is 1.90. The number of ether oxygens (including phenoxy) is 1. The molecule has 2 aromatic heterocycles. The molecule has 2 heterocycles. The first-order valence-corrected chi connectivity index (χ1v) is 6.24. The summed E-state index contributed by atoms with van der Waals surface area (Å²) < 4.78 is 6.75. The van der Waals surface area contributed by atoms with E-state index in [0.29, 0.717) is 25.1 Å². The number of aromatic nitrogens is 2. The zero-order chi connectivity index (χ0) is 14.5. The maximum atomic E-state index is 11.3. The second-order valence-corrected chi connectivity index (χ2v) is 4.19. The van der Waals surface area contributed by atoms with Crippen molar-refractivity contribution in [3.05, 3.63) is 30.1 Å². The van der Waals surface area contributed by atoms with Crippen LogP contribution in [-0.4, -0.2) is 33.2 Å². The SMILES string of the molecule is CCOC(=O)CCn1ccc2cc(/C(N)=N/O)cnc21. The van der Waals surface area contributed by atoms with Crippen molar-refractivity contribution in [1.29, 1.82) is 0 Å². The molecule has 0 aliphatic carbocycles. The van der Waals surface area contributed by atoms with Gasteiger partial charge in [-0.2, -0.15) is 0 Å². The van der Waals surface area contributed by atoms with Gasteiger partial charge in [-0.25, -0.2) is 4.98 Å². The van der Waals surface area contributed by atoms with Gasteiger partial charge in [-0.1, -0.05) is 5.16 Å². The van der Waals surface area contributed by atoms with E-state index in [2.05, 4.69) is 10.1 Å². The Bertz CT molecular complexity index is 648. The minimum absolute atomic E-state index is 0.0127. The minimum Gasteiger partial charge on any atom is -0.466 e. The monoisotopic (exact) mass is 276 g/mol. The van der Waals surface area contributed by atoms with E-state index in [1.807, 2.05) is 16.8 Å². The number of amidine groups is 1. The molecule has 0 amide bonds. The van der Waals surface area contributed by atoms with Crippen molar-refractivity contribution in [3.63, 3.8) is 0 Å². The molecule has 0 aromatic carbocycles. The zero-order valence-corrected chi connectivity index (χ0v) is 11.1. The van der Waals surface area contributed by atoms with Gasteiger partial charge in [0.2, 0.25) is 0 Å². The van der Waals surface area contributed by atoms with Crippen molar-refractivity contribution in [2.75, 3.05) is 6.61 Å². The smallest absolute Gasteiger partial charge is 0.307 e. The summed E-state index contributed by atoms with van der Waals surface area (Å²) in [5.74, 6) is -0.221. The van der Waals surface area contributed by atoms with Crippen LogP contribution in [0.3, 0.4) is 0 Å². The van der Waals surface area contributed by atoms with Gasteiger partial charge >= 0.3 is 5.97 Å². The lowest BCUT2D eigenvalue weighted by molar-refractivity contribution is -0.143. The summed E-state index contributed by atoms with van der Waals surface area (Å²) in [6.45, 7) is 2.66. The molecule has 7 nitrogen and oxygen atoms in total. The average Bonchev–Trinajstić information content (AvgIpc) is 2.86. The molecule has 0 aliphatic rings. The fraction of sp³-hybridized carbons (Fsp3) is 0.308. The van der Waals surface area contributed by atoms with Gasteiger partial charge in [0.05, 0.1) is 13.0 Å². The van der Waals surface area contributed by atoms with Crippen molar-refractivity contribution in [2.45, 2.75) is 19.9 Å². The van der Waals surface area contributed by atoms with E-state index < -0.39 is 0 Å². The molecule has 0 radical (unpaired) electrons. The van der Waals surface area contributed by atoms with E-state index in [9.17, 15) is 4.79 Å². The van der Waals surface area contributed by atoms with Gasteiger partial charge in [0.25, 0.3) is 0 Å². The first-order valence-electron chi connectivity index (χ1n) is 6.24. The largest absolute Gasteiger partial charge is 0.466 e. The molecule has 0 fully saturated rings. The summed E-state index contributed by atoms with van der Waals surface area (Å²) in [5, 5.41) is 12.4. The highest BCUT2D eigenvalue weighted by atomic mass is 16.5. The molecule has 20 heavy (non-hydrogen) atoms. The Balaban J connectivity index is 2.18. The molecule has 0 unspecified atom stereocenters. The number of nitrogens with zero attached hydrogens (tertiary/aromatic N) is 3. The highest BCUT2D eigenvalue weighted by molar-refractivity contribution is 5.99. The molecule has 0 saturated carbocycles. The quantitative estimate of drug-likeness (QED) is 0.280. The van der Waals surface area contributed by atoms with Crippen LogP contribution in [0, 0.1) is 0 Å². The van der Waals surface area contributed by atoms with Gasteiger partial charge < -0.3 is 20.2 Å². The summed E-state index contributed by atoms with van der Waals surface area (Å²) in [7, 11) is 0. The summed E-state index contributed by atoms with van der Waals surface area (Å²) in [5.41, 5.74) is 6.80. The van der Waals surface area contributed by atoms with Crippen LogP contribution >= 0.6 is 0 Å². The Morgan fingerprint density at radius 3 is 3.10 bits per heavy atom. The summed E-state index contributed by atoms with van der Waals surface area (Å²) in [6, 6.07) is 3.64. The molecule has 0 atom stereocenters. The van der Waals surface area contributed by atoms with Crippen molar-refractivity contribution in [2.24, 2.45) is 10.9 Å². The van der Waals surface area contributed by atoms with Crippen molar-refractivity contribution in [1.82, 2.24) is 9.55 Å². The third kappa shape index (κ3) is 2.87. The highest BCUT2D eigenvalue weighted by Crippen LogP contribution is 2.15. The van der Waals surface area contributed by atoms with E-state index in [4.69, 9.17) is 15.7 Å². The molecule has 0 saturated heterocycles. The summed E-state index contributed by atoms with van der Waals surface area (Å²) in [4.78, 5) is 15.6. The maximum Gasteiger partial charge on any atom is 0.307 e. The van der Waals surface area contributed by atoms with Gasteiger partial charge in [-0.05, 0) is 19.1 Å². The van der Waals surface area contributed by atoms with Crippen LogP contribution in [0.1, 0.15) is 18.9 Å². The molecule has 3 N–H and O–H groups in total. The Morgan fingerprint density at radius 2 is 2.40 bits per heavy atom. The zero-order valence-electron chi connectivity index (χ0n) is 11.1. The Kier molecular flexibility index (Phi) is 4.19. The Labute approximate surface area is 115 Å².